The maximum Gasteiger partial charge on any atom is 0.270 e. The first-order valence-electron chi connectivity index (χ1n) is 8.04. The van der Waals surface area contributed by atoms with E-state index in [1.165, 1.54) is 4.57 Å². The van der Waals surface area contributed by atoms with Crippen LogP contribution in [0.25, 0.3) is 17.8 Å². The third-order valence-electron chi connectivity index (χ3n) is 3.60. The predicted octanol–water partition coefficient (Wildman–Crippen LogP) is 0.737. The number of nitriles is 2. The average molecular weight is 379 g/mol. The van der Waals surface area contributed by atoms with Crippen LogP contribution in [-0.4, -0.2) is 17.0 Å². The lowest BCUT2D eigenvalue weighted by Gasteiger charge is -2.00. The number of rotatable bonds is 6. The molecular formula is C19H17N5O2S. The van der Waals surface area contributed by atoms with Gasteiger partial charge in [0, 0.05) is 18.4 Å². The molecule has 1 aromatic heterocycles. The van der Waals surface area contributed by atoms with Gasteiger partial charge >= 0.3 is 0 Å². The van der Waals surface area contributed by atoms with E-state index in [1.807, 2.05) is 30.3 Å². The summed E-state index contributed by atoms with van der Waals surface area (Å²) in [6.45, 7) is 5.56. The second-order valence-corrected chi connectivity index (χ2v) is 6.30. The lowest BCUT2D eigenvalue weighted by Crippen LogP contribution is -2.34. The Bertz CT molecular complexity index is 1130. The van der Waals surface area contributed by atoms with Crippen LogP contribution in [0.2, 0.25) is 0 Å². The molecule has 0 saturated heterocycles. The number of nitrogens with one attached hydrogen (secondary N) is 2. The molecule has 0 aliphatic heterocycles. The fraction of sp³-hybridized carbons (Fsp3) is 0.158. The van der Waals surface area contributed by atoms with Crippen molar-refractivity contribution in [3.63, 3.8) is 0 Å². The fourth-order valence-corrected chi connectivity index (χ4v) is 3.39. The van der Waals surface area contributed by atoms with Crippen LogP contribution in [0.4, 0.5) is 5.69 Å². The number of thiazole rings is 1. The van der Waals surface area contributed by atoms with Crippen molar-refractivity contribution < 1.29 is 4.79 Å². The zero-order valence-corrected chi connectivity index (χ0v) is 15.5. The summed E-state index contributed by atoms with van der Waals surface area (Å²) in [5.41, 5.74) is 1.22. The van der Waals surface area contributed by atoms with Crippen LogP contribution in [0.1, 0.15) is 12.5 Å². The van der Waals surface area contributed by atoms with E-state index in [4.69, 9.17) is 5.26 Å². The molecule has 7 nitrogen and oxygen atoms in total. The monoisotopic (exact) mass is 379 g/mol. The Morgan fingerprint density at radius 2 is 2.19 bits per heavy atom. The highest BCUT2D eigenvalue weighted by Crippen LogP contribution is 2.11. The third-order valence-corrected chi connectivity index (χ3v) is 4.73. The summed E-state index contributed by atoms with van der Waals surface area (Å²) in [7, 11) is 0. The van der Waals surface area contributed by atoms with Gasteiger partial charge in [-0.05, 0) is 24.6 Å². The Morgan fingerprint density at radius 1 is 1.41 bits per heavy atom. The Morgan fingerprint density at radius 3 is 2.81 bits per heavy atom. The highest BCUT2D eigenvalue weighted by molar-refractivity contribution is 7.07. The molecular weight excluding hydrogens is 362 g/mol. The first kappa shape index (κ1) is 19.7. The summed E-state index contributed by atoms with van der Waals surface area (Å²) in [6, 6.07) is 11.1. The molecule has 0 radical (unpaired) electrons. The van der Waals surface area contributed by atoms with Crippen molar-refractivity contribution in [2.45, 2.75) is 13.5 Å². The van der Waals surface area contributed by atoms with Gasteiger partial charge in [-0.25, -0.2) is 0 Å². The van der Waals surface area contributed by atoms with E-state index in [0.717, 1.165) is 22.6 Å². The van der Waals surface area contributed by atoms with E-state index < -0.39 is 5.91 Å². The molecule has 0 saturated carbocycles. The number of nitrogens with zero attached hydrogens (tertiary/aromatic N) is 3. The van der Waals surface area contributed by atoms with Crippen LogP contribution in [-0.2, 0) is 11.3 Å². The van der Waals surface area contributed by atoms with Crippen molar-refractivity contribution in [3.8, 4) is 12.1 Å². The molecule has 0 bridgehead atoms. The number of hydrogen-bond donors (Lipinski definition) is 2. The number of aromatic nitrogens is 1. The van der Waals surface area contributed by atoms with Crippen LogP contribution in [0.3, 0.4) is 0 Å². The maximum atomic E-state index is 12.6. The molecule has 0 atom stereocenters. The van der Waals surface area contributed by atoms with Gasteiger partial charge in [-0.3, -0.25) is 14.2 Å². The average Bonchev–Trinajstić information content (AvgIpc) is 3.00. The Labute approximate surface area is 159 Å². The lowest BCUT2D eigenvalue weighted by atomic mass is 10.2. The van der Waals surface area contributed by atoms with Gasteiger partial charge in [0.05, 0.1) is 6.07 Å². The zero-order chi connectivity index (χ0) is 19.8. The SMILES string of the molecule is C=Cc1cccc(NC=c2sc(=C(C#N)C(=O)NCC#N)n(CC)c2=O)c1. The highest BCUT2D eigenvalue weighted by Gasteiger charge is 2.14. The van der Waals surface area contributed by atoms with Gasteiger partial charge in [0.25, 0.3) is 11.5 Å². The predicted molar refractivity (Wildman–Crippen MR) is 106 cm³/mol. The molecule has 0 aliphatic carbocycles. The highest BCUT2D eigenvalue weighted by atomic mass is 32.1. The summed E-state index contributed by atoms with van der Waals surface area (Å²) in [5.74, 6) is -0.680. The summed E-state index contributed by atoms with van der Waals surface area (Å²) in [4.78, 5) is 24.7. The molecule has 0 unspecified atom stereocenters. The van der Waals surface area contributed by atoms with Crippen molar-refractivity contribution in [2.75, 3.05) is 11.9 Å². The molecule has 2 aromatic rings. The number of carbonyl (C=O) groups excluding carboxylic acids is 1. The van der Waals surface area contributed by atoms with E-state index in [9.17, 15) is 14.9 Å². The van der Waals surface area contributed by atoms with Crippen molar-refractivity contribution in [3.05, 3.63) is 56.0 Å². The molecule has 8 heteroatoms. The summed E-state index contributed by atoms with van der Waals surface area (Å²) in [5, 5.41) is 23.3. The fourth-order valence-electron chi connectivity index (χ4n) is 2.30. The van der Waals surface area contributed by atoms with Crippen molar-refractivity contribution in [1.82, 2.24) is 9.88 Å². The second-order valence-electron chi connectivity index (χ2n) is 5.27. The van der Waals surface area contributed by atoms with E-state index >= 15 is 0 Å². The van der Waals surface area contributed by atoms with Gasteiger partial charge in [0.15, 0.2) is 5.57 Å². The molecule has 1 heterocycles. The van der Waals surface area contributed by atoms with Crippen LogP contribution in [0, 0.1) is 22.7 Å². The molecule has 1 amide bonds. The summed E-state index contributed by atoms with van der Waals surface area (Å²) >= 11 is 1.04. The van der Waals surface area contributed by atoms with E-state index in [0.29, 0.717) is 11.1 Å². The lowest BCUT2D eigenvalue weighted by molar-refractivity contribution is -0.115. The molecule has 1 aromatic carbocycles. The zero-order valence-electron chi connectivity index (χ0n) is 14.7. The first-order chi connectivity index (χ1) is 13.0. The van der Waals surface area contributed by atoms with Gasteiger partial charge < -0.3 is 10.6 Å². The summed E-state index contributed by atoms with van der Waals surface area (Å²) < 4.78 is 1.98. The Balaban J connectivity index is 2.54. The number of anilines is 1. The first-order valence-corrected chi connectivity index (χ1v) is 8.85. The minimum absolute atomic E-state index is 0.192. The van der Waals surface area contributed by atoms with Crippen LogP contribution in [0.15, 0.2) is 35.6 Å². The van der Waals surface area contributed by atoms with Crippen LogP contribution in [0.5, 0.6) is 0 Å². The normalized spacial score (nSPS) is 11.9. The number of amides is 1. The number of benzene rings is 1. The largest absolute Gasteiger partial charge is 0.360 e. The molecule has 0 spiro atoms. The van der Waals surface area contributed by atoms with E-state index in [2.05, 4.69) is 17.2 Å². The molecule has 136 valence electrons. The van der Waals surface area contributed by atoms with Crippen molar-refractivity contribution >= 4 is 40.8 Å². The number of hydrogen-bond acceptors (Lipinski definition) is 6. The molecule has 0 aliphatic rings. The van der Waals surface area contributed by atoms with Crippen molar-refractivity contribution in [1.29, 1.82) is 10.5 Å². The van der Waals surface area contributed by atoms with E-state index in [-0.39, 0.29) is 22.3 Å². The van der Waals surface area contributed by atoms with Gasteiger partial charge in [-0.1, -0.05) is 24.8 Å². The van der Waals surface area contributed by atoms with Gasteiger partial charge in [0.2, 0.25) is 0 Å². The minimum Gasteiger partial charge on any atom is -0.360 e. The van der Waals surface area contributed by atoms with Gasteiger partial charge in [0.1, 0.15) is 21.8 Å². The maximum absolute atomic E-state index is 12.6. The standard InChI is InChI=1S/C19H17N5O2S/c1-3-13-6-5-7-14(10-13)23-12-16-18(26)24(4-2)19(27-16)15(11-21)17(25)22-9-8-20/h3,5-7,10,12,23H,1,4,9H2,2H3,(H,22,25). The molecule has 2 N–H and O–H groups in total. The second kappa shape index (κ2) is 9.18. The third kappa shape index (κ3) is 4.51. The minimum atomic E-state index is -0.680. The molecule has 27 heavy (non-hydrogen) atoms. The number of carbonyl (C=O) groups is 1. The van der Waals surface area contributed by atoms with Crippen LogP contribution >= 0.6 is 11.3 Å². The topological polar surface area (TPSA) is 111 Å². The Kier molecular flexibility index (Phi) is 6.70. The van der Waals surface area contributed by atoms with Crippen molar-refractivity contribution in [2.24, 2.45) is 0 Å². The van der Waals surface area contributed by atoms with Gasteiger partial charge in [-0.2, -0.15) is 10.5 Å². The smallest absolute Gasteiger partial charge is 0.270 e. The molecule has 0 fully saturated rings. The van der Waals surface area contributed by atoms with Gasteiger partial charge in [-0.15, -0.1) is 11.3 Å². The summed E-state index contributed by atoms with van der Waals surface area (Å²) in [6.07, 6.45) is 3.26. The quantitative estimate of drug-likeness (QED) is 0.719. The Hall–Kier alpha value is -3.62. The molecule has 2 rings (SSSR count). The van der Waals surface area contributed by atoms with Crippen LogP contribution < -0.4 is 25.4 Å². The van der Waals surface area contributed by atoms with E-state index in [1.54, 1.807) is 25.3 Å².